The molecule has 0 spiro atoms. The first-order valence-corrected chi connectivity index (χ1v) is 7.84. The van der Waals surface area contributed by atoms with Gasteiger partial charge in [0.1, 0.15) is 0 Å². The Morgan fingerprint density at radius 1 is 1.47 bits per heavy atom. The summed E-state index contributed by atoms with van der Waals surface area (Å²) >= 11 is 1.79. The molecule has 3 heterocycles. The van der Waals surface area contributed by atoms with E-state index < -0.39 is 0 Å². The third-order valence-electron chi connectivity index (χ3n) is 4.00. The van der Waals surface area contributed by atoms with Gasteiger partial charge in [-0.15, -0.1) is 11.3 Å². The number of aliphatic hydroxyl groups is 1. The lowest BCUT2D eigenvalue weighted by Crippen LogP contribution is -2.46. The molecule has 1 fully saturated rings. The number of hydrogen-bond acceptors (Lipinski definition) is 4. The minimum Gasteiger partial charge on any atom is -0.392 e. The summed E-state index contributed by atoms with van der Waals surface area (Å²) in [6.07, 6.45) is 2.59. The number of carbonyl (C=O) groups excluding carboxylic acids is 1. The molecule has 3 rings (SSSR count). The van der Waals surface area contributed by atoms with Crippen LogP contribution in [0.3, 0.4) is 0 Å². The molecule has 5 heteroatoms. The summed E-state index contributed by atoms with van der Waals surface area (Å²) in [4.78, 5) is 17.8. The number of likely N-dealkylation sites (tertiary alicyclic amines) is 1. The Morgan fingerprint density at radius 3 is 3.21 bits per heavy atom. The van der Waals surface area contributed by atoms with E-state index in [1.54, 1.807) is 11.3 Å². The number of piperidine rings is 1. The highest BCUT2D eigenvalue weighted by atomic mass is 32.1. The fourth-order valence-corrected chi connectivity index (χ4v) is 3.82. The van der Waals surface area contributed by atoms with Crippen LogP contribution in [-0.2, 0) is 17.8 Å². The van der Waals surface area contributed by atoms with Crippen LogP contribution in [0.4, 0.5) is 0 Å². The SMILES string of the molecule is O=C(CN1CCCC(O)C1)N1CCc2sccc2C1. The number of thiophene rings is 1. The molecule has 1 amide bonds. The topological polar surface area (TPSA) is 43.8 Å². The monoisotopic (exact) mass is 280 g/mol. The molecular weight excluding hydrogens is 260 g/mol. The molecule has 2 aliphatic rings. The molecule has 104 valence electrons. The van der Waals surface area contributed by atoms with Gasteiger partial charge in [0, 0.05) is 24.5 Å². The highest BCUT2D eigenvalue weighted by Crippen LogP contribution is 2.24. The molecule has 1 aromatic rings. The second-order valence-electron chi connectivity index (χ2n) is 5.47. The summed E-state index contributed by atoms with van der Waals surface area (Å²) in [6.45, 7) is 3.62. The number of rotatable bonds is 2. The molecule has 1 N–H and O–H groups in total. The maximum atomic E-state index is 12.3. The molecule has 4 nitrogen and oxygen atoms in total. The number of β-amino-alcohol motifs (C(OH)–C–C–N with tert-alkyl or cyclic N) is 1. The van der Waals surface area contributed by atoms with Gasteiger partial charge in [0.25, 0.3) is 0 Å². The summed E-state index contributed by atoms with van der Waals surface area (Å²) in [7, 11) is 0. The van der Waals surface area contributed by atoms with Crippen molar-refractivity contribution in [2.75, 3.05) is 26.2 Å². The van der Waals surface area contributed by atoms with Crippen LogP contribution in [-0.4, -0.2) is 53.1 Å². The average Bonchev–Trinajstić information content (AvgIpc) is 2.85. The van der Waals surface area contributed by atoms with Gasteiger partial charge in [0.15, 0.2) is 0 Å². The van der Waals surface area contributed by atoms with Gasteiger partial charge < -0.3 is 10.0 Å². The van der Waals surface area contributed by atoms with E-state index in [-0.39, 0.29) is 12.0 Å². The molecule has 1 unspecified atom stereocenters. The van der Waals surface area contributed by atoms with Gasteiger partial charge in [-0.25, -0.2) is 0 Å². The number of fused-ring (bicyclic) bond motifs is 1. The zero-order valence-electron chi connectivity index (χ0n) is 11.0. The third-order valence-corrected chi connectivity index (χ3v) is 5.02. The van der Waals surface area contributed by atoms with E-state index in [4.69, 9.17) is 0 Å². The lowest BCUT2D eigenvalue weighted by Gasteiger charge is -2.33. The molecule has 0 bridgehead atoms. The summed E-state index contributed by atoms with van der Waals surface area (Å²) < 4.78 is 0. The molecule has 0 saturated carbocycles. The molecule has 2 aliphatic heterocycles. The Balaban J connectivity index is 1.56. The first-order chi connectivity index (χ1) is 9.22. The van der Waals surface area contributed by atoms with Crippen LogP contribution in [0.2, 0.25) is 0 Å². The highest BCUT2D eigenvalue weighted by molar-refractivity contribution is 7.10. The lowest BCUT2D eigenvalue weighted by atomic mass is 10.1. The lowest BCUT2D eigenvalue weighted by molar-refractivity contribution is -0.134. The van der Waals surface area contributed by atoms with Crippen molar-refractivity contribution < 1.29 is 9.90 Å². The van der Waals surface area contributed by atoms with E-state index in [1.165, 1.54) is 10.4 Å². The number of aliphatic hydroxyl groups excluding tert-OH is 1. The summed E-state index contributed by atoms with van der Waals surface area (Å²) in [5, 5.41) is 11.8. The Kier molecular flexibility index (Phi) is 3.86. The normalized spacial score (nSPS) is 24.3. The molecule has 1 atom stereocenters. The van der Waals surface area contributed by atoms with Gasteiger partial charge in [-0.1, -0.05) is 0 Å². The Labute approximate surface area is 117 Å². The molecule has 1 saturated heterocycles. The summed E-state index contributed by atoms with van der Waals surface area (Å²) in [5.41, 5.74) is 1.31. The zero-order chi connectivity index (χ0) is 13.2. The Hall–Kier alpha value is -0.910. The van der Waals surface area contributed by atoms with Gasteiger partial charge in [-0.2, -0.15) is 0 Å². The molecular formula is C14H20N2O2S. The second-order valence-corrected chi connectivity index (χ2v) is 6.47. The van der Waals surface area contributed by atoms with Gasteiger partial charge >= 0.3 is 0 Å². The van der Waals surface area contributed by atoms with Crippen LogP contribution >= 0.6 is 11.3 Å². The maximum Gasteiger partial charge on any atom is 0.237 e. The smallest absolute Gasteiger partial charge is 0.237 e. The van der Waals surface area contributed by atoms with Crippen molar-refractivity contribution in [1.29, 1.82) is 0 Å². The average molecular weight is 280 g/mol. The van der Waals surface area contributed by atoms with Crippen LogP contribution in [0.15, 0.2) is 11.4 Å². The van der Waals surface area contributed by atoms with Crippen molar-refractivity contribution in [2.24, 2.45) is 0 Å². The second kappa shape index (κ2) is 5.61. The van der Waals surface area contributed by atoms with Gasteiger partial charge in [-0.3, -0.25) is 9.69 Å². The number of carbonyl (C=O) groups is 1. The van der Waals surface area contributed by atoms with Gasteiger partial charge in [0.05, 0.1) is 12.6 Å². The third kappa shape index (κ3) is 2.99. The molecule has 19 heavy (non-hydrogen) atoms. The van der Waals surface area contributed by atoms with Crippen molar-refractivity contribution in [3.05, 3.63) is 21.9 Å². The van der Waals surface area contributed by atoms with E-state index in [2.05, 4.69) is 16.3 Å². The minimum absolute atomic E-state index is 0.200. The quantitative estimate of drug-likeness (QED) is 0.882. The highest BCUT2D eigenvalue weighted by Gasteiger charge is 2.25. The van der Waals surface area contributed by atoms with Crippen molar-refractivity contribution in [3.8, 4) is 0 Å². The van der Waals surface area contributed by atoms with Crippen LogP contribution in [0, 0.1) is 0 Å². The van der Waals surface area contributed by atoms with Crippen molar-refractivity contribution in [1.82, 2.24) is 9.80 Å². The van der Waals surface area contributed by atoms with Crippen LogP contribution in [0.5, 0.6) is 0 Å². The summed E-state index contributed by atoms with van der Waals surface area (Å²) in [5.74, 6) is 0.200. The van der Waals surface area contributed by atoms with Crippen LogP contribution in [0.25, 0.3) is 0 Å². The fourth-order valence-electron chi connectivity index (χ4n) is 2.93. The van der Waals surface area contributed by atoms with E-state index in [9.17, 15) is 9.90 Å². The van der Waals surface area contributed by atoms with Gasteiger partial charge in [0.2, 0.25) is 5.91 Å². The van der Waals surface area contributed by atoms with Crippen molar-refractivity contribution in [2.45, 2.75) is 31.9 Å². The van der Waals surface area contributed by atoms with E-state index >= 15 is 0 Å². The van der Waals surface area contributed by atoms with E-state index in [0.29, 0.717) is 13.1 Å². The minimum atomic E-state index is -0.258. The Bertz CT molecular complexity index is 460. The molecule has 0 aromatic carbocycles. The number of amides is 1. The Morgan fingerprint density at radius 2 is 2.37 bits per heavy atom. The number of hydrogen-bond donors (Lipinski definition) is 1. The first-order valence-electron chi connectivity index (χ1n) is 6.96. The maximum absolute atomic E-state index is 12.3. The van der Waals surface area contributed by atoms with E-state index in [1.807, 2.05) is 4.90 Å². The number of nitrogens with zero attached hydrogens (tertiary/aromatic N) is 2. The van der Waals surface area contributed by atoms with Crippen molar-refractivity contribution in [3.63, 3.8) is 0 Å². The molecule has 0 aliphatic carbocycles. The largest absolute Gasteiger partial charge is 0.392 e. The van der Waals surface area contributed by atoms with Crippen LogP contribution in [0.1, 0.15) is 23.3 Å². The molecule has 1 aromatic heterocycles. The standard InChI is InChI=1S/C14H20N2O2S/c17-12-2-1-5-15(9-12)10-14(18)16-6-3-13-11(8-16)4-7-19-13/h4,7,12,17H,1-3,5-6,8-10H2. The predicted octanol–water partition coefficient (Wildman–Crippen LogP) is 1.09. The fraction of sp³-hybridized carbons (Fsp3) is 0.643. The van der Waals surface area contributed by atoms with Gasteiger partial charge in [-0.05, 0) is 42.8 Å². The van der Waals surface area contributed by atoms with Crippen LogP contribution < -0.4 is 0 Å². The molecule has 0 radical (unpaired) electrons. The predicted molar refractivity (Wildman–Crippen MR) is 75.1 cm³/mol. The zero-order valence-corrected chi connectivity index (χ0v) is 11.9. The summed E-state index contributed by atoms with van der Waals surface area (Å²) in [6, 6.07) is 2.13. The van der Waals surface area contributed by atoms with E-state index in [0.717, 1.165) is 38.9 Å². The first kappa shape index (κ1) is 13.1. The van der Waals surface area contributed by atoms with Crippen molar-refractivity contribution >= 4 is 17.2 Å².